The quantitative estimate of drug-likeness (QED) is 0.786. The average molecular weight is 355 g/mol. The Labute approximate surface area is 152 Å². The lowest BCUT2D eigenvalue weighted by Crippen LogP contribution is -2.38. The Hall–Kier alpha value is -1.82. The number of carbonyl (C=O) groups excluding carboxylic acids is 1. The average Bonchev–Trinajstić information content (AvgIpc) is 2.68. The summed E-state index contributed by atoms with van der Waals surface area (Å²) >= 11 is 1.59. The first-order chi connectivity index (χ1) is 12.3. The van der Waals surface area contributed by atoms with Crippen molar-refractivity contribution in [1.82, 2.24) is 4.90 Å². The first-order valence-corrected chi connectivity index (χ1v) is 9.52. The summed E-state index contributed by atoms with van der Waals surface area (Å²) < 4.78 is 11.0. The van der Waals surface area contributed by atoms with Crippen molar-refractivity contribution in [3.63, 3.8) is 0 Å². The largest absolute Gasteiger partial charge is 0.463 e. The minimum atomic E-state index is -0.296. The van der Waals surface area contributed by atoms with Crippen molar-refractivity contribution in [3.8, 4) is 11.1 Å². The van der Waals surface area contributed by atoms with Gasteiger partial charge < -0.3 is 9.47 Å². The van der Waals surface area contributed by atoms with Crippen molar-refractivity contribution in [2.75, 3.05) is 39.5 Å². The van der Waals surface area contributed by atoms with Crippen LogP contribution in [-0.4, -0.2) is 50.3 Å². The third kappa shape index (κ3) is 3.59. The second-order valence-electron chi connectivity index (χ2n) is 6.20. The summed E-state index contributed by atoms with van der Waals surface area (Å²) in [7, 11) is 0. The van der Waals surface area contributed by atoms with Crippen molar-refractivity contribution in [2.45, 2.75) is 10.1 Å². The second kappa shape index (κ2) is 7.60. The fourth-order valence-electron chi connectivity index (χ4n) is 3.30. The number of fused-ring (bicyclic) bond motifs is 3. The zero-order valence-corrected chi connectivity index (χ0v) is 14.8. The van der Waals surface area contributed by atoms with Crippen LogP contribution in [0, 0.1) is 0 Å². The smallest absolute Gasteiger partial charge is 0.324 e. The van der Waals surface area contributed by atoms with E-state index in [0.29, 0.717) is 6.61 Å². The Kier molecular flexibility index (Phi) is 5.06. The topological polar surface area (TPSA) is 38.8 Å². The van der Waals surface area contributed by atoms with Crippen molar-refractivity contribution < 1.29 is 14.3 Å². The molecular weight excluding hydrogens is 334 g/mol. The number of thioether (sulfide) groups is 1. The van der Waals surface area contributed by atoms with E-state index >= 15 is 0 Å². The minimum Gasteiger partial charge on any atom is -0.463 e. The van der Waals surface area contributed by atoms with E-state index in [1.807, 2.05) is 30.3 Å². The first kappa shape index (κ1) is 16.6. The Bertz CT molecular complexity index is 758. The molecule has 4 rings (SSSR count). The van der Waals surface area contributed by atoms with E-state index in [9.17, 15) is 4.79 Å². The summed E-state index contributed by atoms with van der Waals surface area (Å²) in [5, 5.41) is -0.296. The molecule has 1 fully saturated rings. The fourth-order valence-corrected chi connectivity index (χ4v) is 4.52. The monoisotopic (exact) mass is 355 g/mol. The van der Waals surface area contributed by atoms with Gasteiger partial charge in [-0.05, 0) is 22.8 Å². The zero-order chi connectivity index (χ0) is 17.1. The first-order valence-electron chi connectivity index (χ1n) is 8.64. The summed E-state index contributed by atoms with van der Waals surface area (Å²) in [6.45, 7) is 4.54. The van der Waals surface area contributed by atoms with E-state index in [0.717, 1.165) is 48.9 Å². The molecule has 0 saturated carbocycles. The molecule has 0 amide bonds. The Balaban J connectivity index is 1.46. The van der Waals surface area contributed by atoms with Gasteiger partial charge in [0.25, 0.3) is 0 Å². The molecule has 5 heteroatoms. The van der Waals surface area contributed by atoms with E-state index in [-0.39, 0.29) is 11.2 Å². The maximum absolute atomic E-state index is 12.7. The van der Waals surface area contributed by atoms with Crippen molar-refractivity contribution >= 4 is 17.7 Å². The number of morpholine rings is 1. The summed E-state index contributed by atoms with van der Waals surface area (Å²) in [5.41, 5.74) is 3.37. The van der Waals surface area contributed by atoms with E-state index in [1.54, 1.807) is 11.8 Å². The molecule has 4 nitrogen and oxygen atoms in total. The number of ether oxygens (including phenoxy) is 2. The van der Waals surface area contributed by atoms with Crippen LogP contribution < -0.4 is 0 Å². The van der Waals surface area contributed by atoms with Crippen molar-refractivity contribution in [1.29, 1.82) is 0 Å². The zero-order valence-electron chi connectivity index (χ0n) is 14.0. The lowest BCUT2D eigenvalue weighted by Gasteiger charge is -2.28. The molecule has 0 spiro atoms. The predicted molar refractivity (Wildman–Crippen MR) is 98.7 cm³/mol. The summed E-state index contributed by atoms with van der Waals surface area (Å²) in [4.78, 5) is 16.1. The van der Waals surface area contributed by atoms with E-state index < -0.39 is 0 Å². The number of nitrogens with zero attached hydrogens (tertiary/aromatic N) is 1. The third-order valence-corrected chi connectivity index (χ3v) is 5.93. The minimum absolute atomic E-state index is 0.153. The highest BCUT2D eigenvalue weighted by molar-refractivity contribution is 8.00. The van der Waals surface area contributed by atoms with Crippen LogP contribution in [-0.2, 0) is 14.3 Å². The Morgan fingerprint density at radius 3 is 2.64 bits per heavy atom. The molecule has 130 valence electrons. The van der Waals surface area contributed by atoms with Crippen LogP contribution in [0.1, 0.15) is 10.8 Å². The van der Waals surface area contributed by atoms with Gasteiger partial charge in [0.15, 0.2) is 0 Å². The molecule has 2 aliphatic heterocycles. The van der Waals surface area contributed by atoms with Gasteiger partial charge >= 0.3 is 5.97 Å². The highest BCUT2D eigenvalue weighted by Gasteiger charge is 2.31. The molecule has 2 aliphatic rings. The molecule has 0 aromatic heterocycles. The van der Waals surface area contributed by atoms with Crippen LogP contribution in [0.4, 0.5) is 0 Å². The van der Waals surface area contributed by atoms with Gasteiger partial charge in [-0.15, -0.1) is 11.8 Å². The van der Waals surface area contributed by atoms with Crippen molar-refractivity contribution in [3.05, 3.63) is 54.1 Å². The van der Waals surface area contributed by atoms with Gasteiger partial charge in [0.2, 0.25) is 0 Å². The predicted octanol–water partition coefficient (Wildman–Crippen LogP) is 3.38. The molecule has 1 atom stereocenters. The SMILES string of the molecule is O=C(OCCN1CCOCC1)C1Sc2ccccc2-c2ccccc21. The second-order valence-corrected chi connectivity index (χ2v) is 7.35. The lowest BCUT2D eigenvalue weighted by atomic mass is 9.97. The van der Waals surface area contributed by atoms with Crippen LogP contribution in [0.2, 0.25) is 0 Å². The van der Waals surface area contributed by atoms with Crippen LogP contribution in [0.25, 0.3) is 11.1 Å². The Morgan fingerprint density at radius 1 is 1.08 bits per heavy atom. The van der Waals surface area contributed by atoms with Gasteiger partial charge in [0, 0.05) is 24.5 Å². The summed E-state index contributed by atoms with van der Waals surface area (Å²) in [6.07, 6.45) is 0. The maximum atomic E-state index is 12.7. The standard InChI is InChI=1S/C20H21NO3S/c22-20(24-14-11-21-9-12-23-13-10-21)19-17-7-2-1-5-15(17)16-6-3-4-8-18(16)25-19/h1-8,19H,9-14H2. The highest BCUT2D eigenvalue weighted by atomic mass is 32.2. The van der Waals surface area contributed by atoms with Gasteiger partial charge in [-0.3, -0.25) is 9.69 Å². The molecule has 2 heterocycles. The number of hydrogen-bond acceptors (Lipinski definition) is 5. The third-order valence-electron chi connectivity index (χ3n) is 4.63. The molecule has 0 radical (unpaired) electrons. The number of rotatable bonds is 4. The molecule has 0 aliphatic carbocycles. The number of carbonyl (C=O) groups is 1. The van der Waals surface area contributed by atoms with Crippen LogP contribution in [0.3, 0.4) is 0 Å². The van der Waals surface area contributed by atoms with Crippen molar-refractivity contribution in [2.24, 2.45) is 0 Å². The van der Waals surface area contributed by atoms with Crippen LogP contribution >= 0.6 is 11.8 Å². The van der Waals surface area contributed by atoms with E-state index in [2.05, 4.69) is 23.1 Å². The molecule has 2 aromatic carbocycles. The maximum Gasteiger partial charge on any atom is 0.324 e. The fraction of sp³-hybridized carbons (Fsp3) is 0.350. The molecule has 25 heavy (non-hydrogen) atoms. The van der Waals surface area contributed by atoms with Gasteiger partial charge in [0.1, 0.15) is 11.9 Å². The molecule has 0 bridgehead atoms. The van der Waals surface area contributed by atoms with Crippen LogP contribution in [0.5, 0.6) is 0 Å². The summed E-state index contributed by atoms with van der Waals surface area (Å²) in [6, 6.07) is 16.4. The number of hydrogen-bond donors (Lipinski definition) is 0. The van der Waals surface area contributed by atoms with Gasteiger partial charge in [-0.25, -0.2) is 0 Å². The molecular formula is C20H21NO3S. The van der Waals surface area contributed by atoms with E-state index in [1.165, 1.54) is 5.56 Å². The molecule has 1 unspecified atom stereocenters. The van der Waals surface area contributed by atoms with Crippen LogP contribution in [0.15, 0.2) is 53.4 Å². The lowest BCUT2D eigenvalue weighted by molar-refractivity contribution is -0.143. The molecule has 1 saturated heterocycles. The molecule has 0 N–H and O–H groups in total. The number of benzene rings is 2. The highest BCUT2D eigenvalue weighted by Crippen LogP contribution is 2.49. The normalized spacial score (nSPS) is 19.8. The number of esters is 1. The molecule has 2 aromatic rings. The van der Waals surface area contributed by atoms with E-state index in [4.69, 9.17) is 9.47 Å². The van der Waals surface area contributed by atoms with Gasteiger partial charge in [-0.1, -0.05) is 42.5 Å². The van der Waals surface area contributed by atoms with Gasteiger partial charge in [-0.2, -0.15) is 0 Å². The Morgan fingerprint density at radius 2 is 1.80 bits per heavy atom. The van der Waals surface area contributed by atoms with Gasteiger partial charge in [0.05, 0.1) is 13.2 Å². The summed E-state index contributed by atoms with van der Waals surface area (Å²) in [5.74, 6) is -0.153.